The van der Waals surface area contributed by atoms with Crippen LogP contribution in [-0.2, 0) is 16.0 Å². The molecular weight excluding hydrogens is 338 g/mol. The number of carbonyl (C=O) groups is 1. The number of hydrazone groups is 1. The topological polar surface area (TPSA) is 76.7 Å². The van der Waals surface area contributed by atoms with Gasteiger partial charge in [-0.1, -0.05) is 24.3 Å². The van der Waals surface area contributed by atoms with Gasteiger partial charge in [-0.05, 0) is 19.1 Å². The Balaban J connectivity index is 1.65. The summed E-state index contributed by atoms with van der Waals surface area (Å²) in [5.74, 6) is 0.503. The number of carbonyl (C=O) groups excluding carboxylic acids is 1. The van der Waals surface area contributed by atoms with Gasteiger partial charge >= 0.3 is 5.97 Å². The highest BCUT2D eigenvalue weighted by molar-refractivity contribution is 7.13. The summed E-state index contributed by atoms with van der Waals surface area (Å²) < 4.78 is 10.4. The lowest BCUT2D eigenvalue weighted by atomic mass is 10.1. The smallest absolute Gasteiger partial charge is 0.311 e. The van der Waals surface area contributed by atoms with E-state index < -0.39 is 0 Å². The lowest BCUT2D eigenvalue weighted by molar-refractivity contribution is -0.142. The molecule has 0 aliphatic carbocycles. The number of rotatable bonds is 7. The predicted molar refractivity (Wildman–Crippen MR) is 97.8 cm³/mol. The fraction of sp³-hybridized carbons (Fsp3) is 0.167. The second-order valence-electron chi connectivity index (χ2n) is 5.06. The largest absolute Gasteiger partial charge is 0.466 e. The molecule has 3 rings (SSSR count). The third kappa shape index (κ3) is 4.54. The molecule has 0 bridgehead atoms. The van der Waals surface area contributed by atoms with Gasteiger partial charge in [0.1, 0.15) is 5.76 Å². The number of anilines is 1. The van der Waals surface area contributed by atoms with Gasteiger partial charge in [-0.25, -0.2) is 4.98 Å². The Labute approximate surface area is 149 Å². The van der Waals surface area contributed by atoms with Crippen LogP contribution < -0.4 is 5.43 Å². The number of thiazole rings is 1. The van der Waals surface area contributed by atoms with E-state index in [1.807, 2.05) is 41.8 Å². The first-order valence-electron chi connectivity index (χ1n) is 7.78. The van der Waals surface area contributed by atoms with Crippen LogP contribution in [0, 0.1) is 0 Å². The summed E-state index contributed by atoms with van der Waals surface area (Å²) >= 11 is 1.38. The highest BCUT2D eigenvalue weighted by Crippen LogP contribution is 2.23. The molecule has 0 saturated carbocycles. The minimum absolute atomic E-state index is 0.164. The van der Waals surface area contributed by atoms with Gasteiger partial charge in [0.2, 0.25) is 5.13 Å². The first kappa shape index (κ1) is 16.9. The molecule has 0 fully saturated rings. The Hall–Kier alpha value is -2.93. The molecule has 0 amide bonds. The van der Waals surface area contributed by atoms with Crippen molar-refractivity contribution >= 4 is 28.7 Å². The van der Waals surface area contributed by atoms with Crippen LogP contribution in [0.3, 0.4) is 0 Å². The standard InChI is InChI=1S/C18H17N3O3S/c1-2-23-17(22)10-14-12-25-18(20-14)21-19-11-13-6-3-4-7-15(13)16-8-5-9-24-16/h3-9,11-12H,2,10H2,1H3,(H,20,21). The number of nitrogens with one attached hydrogen (secondary N) is 1. The third-order valence-corrected chi connectivity index (χ3v) is 4.09. The van der Waals surface area contributed by atoms with Crippen LogP contribution in [0.2, 0.25) is 0 Å². The Bertz CT molecular complexity index is 856. The molecule has 2 aromatic heterocycles. The molecule has 7 heteroatoms. The lowest BCUT2D eigenvalue weighted by Gasteiger charge is -2.02. The van der Waals surface area contributed by atoms with Gasteiger partial charge in [0.05, 0.1) is 31.2 Å². The number of ether oxygens (including phenoxy) is 1. The fourth-order valence-electron chi connectivity index (χ4n) is 2.22. The fourth-order valence-corrected chi connectivity index (χ4v) is 2.88. The van der Waals surface area contributed by atoms with Crippen molar-refractivity contribution in [2.45, 2.75) is 13.3 Å². The van der Waals surface area contributed by atoms with Crippen molar-refractivity contribution < 1.29 is 13.9 Å². The number of esters is 1. The second kappa shape index (κ2) is 8.25. The van der Waals surface area contributed by atoms with Gasteiger partial charge in [-0.2, -0.15) is 5.10 Å². The van der Waals surface area contributed by atoms with Crippen molar-refractivity contribution in [3.8, 4) is 11.3 Å². The van der Waals surface area contributed by atoms with E-state index in [0.717, 1.165) is 16.9 Å². The summed E-state index contributed by atoms with van der Waals surface area (Å²) in [7, 11) is 0. The Morgan fingerprint density at radius 1 is 1.36 bits per heavy atom. The quantitative estimate of drug-likeness (QED) is 0.394. The molecule has 0 aliphatic rings. The van der Waals surface area contributed by atoms with Gasteiger partial charge in [0.15, 0.2) is 0 Å². The minimum atomic E-state index is -0.282. The molecule has 0 unspecified atom stereocenters. The molecule has 6 nitrogen and oxygen atoms in total. The van der Waals surface area contributed by atoms with E-state index in [1.165, 1.54) is 11.3 Å². The number of aromatic nitrogens is 1. The average molecular weight is 355 g/mol. The molecular formula is C18H17N3O3S. The Morgan fingerprint density at radius 3 is 3.04 bits per heavy atom. The summed E-state index contributed by atoms with van der Waals surface area (Å²) in [5, 5.41) is 6.65. The Kier molecular flexibility index (Phi) is 5.58. The van der Waals surface area contributed by atoms with E-state index in [0.29, 0.717) is 17.4 Å². The highest BCUT2D eigenvalue weighted by Gasteiger charge is 2.08. The summed E-state index contributed by atoms with van der Waals surface area (Å²) in [4.78, 5) is 15.8. The van der Waals surface area contributed by atoms with Crippen molar-refractivity contribution in [3.05, 3.63) is 59.3 Å². The molecule has 0 spiro atoms. The molecule has 128 valence electrons. The van der Waals surface area contributed by atoms with Gasteiger partial charge < -0.3 is 9.15 Å². The zero-order valence-corrected chi connectivity index (χ0v) is 14.5. The zero-order chi connectivity index (χ0) is 17.5. The van der Waals surface area contributed by atoms with Crippen LogP contribution in [0.4, 0.5) is 5.13 Å². The maximum absolute atomic E-state index is 11.5. The molecule has 2 heterocycles. The third-order valence-electron chi connectivity index (χ3n) is 3.29. The van der Waals surface area contributed by atoms with Gasteiger partial charge in [-0.15, -0.1) is 11.3 Å². The Morgan fingerprint density at radius 2 is 2.24 bits per heavy atom. The monoisotopic (exact) mass is 355 g/mol. The van der Waals surface area contributed by atoms with Crippen molar-refractivity contribution in [2.75, 3.05) is 12.0 Å². The van der Waals surface area contributed by atoms with Crippen molar-refractivity contribution in [3.63, 3.8) is 0 Å². The van der Waals surface area contributed by atoms with Crippen LogP contribution in [-0.4, -0.2) is 23.8 Å². The summed E-state index contributed by atoms with van der Waals surface area (Å²) in [6.45, 7) is 2.15. The highest BCUT2D eigenvalue weighted by atomic mass is 32.1. The van der Waals surface area contributed by atoms with Gasteiger partial charge in [0.25, 0.3) is 0 Å². The van der Waals surface area contributed by atoms with Crippen LogP contribution in [0.5, 0.6) is 0 Å². The van der Waals surface area contributed by atoms with Gasteiger partial charge in [0, 0.05) is 16.5 Å². The number of hydrogen-bond donors (Lipinski definition) is 1. The number of hydrogen-bond acceptors (Lipinski definition) is 7. The van der Waals surface area contributed by atoms with Crippen LogP contribution >= 0.6 is 11.3 Å². The molecule has 1 aromatic carbocycles. The molecule has 0 aliphatic heterocycles. The van der Waals surface area contributed by atoms with E-state index >= 15 is 0 Å². The first-order chi connectivity index (χ1) is 12.3. The van der Waals surface area contributed by atoms with Gasteiger partial charge in [-0.3, -0.25) is 10.2 Å². The van der Waals surface area contributed by atoms with Crippen molar-refractivity contribution in [1.29, 1.82) is 0 Å². The molecule has 25 heavy (non-hydrogen) atoms. The lowest BCUT2D eigenvalue weighted by Crippen LogP contribution is -2.07. The molecule has 0 saturated heterocycles. The second-order valence-corrected chi connectivity index (χ2v) is 5.92. The van der Waals surface area contributed by atoms with E-state index in [-0.39, 0.29) is 12.4 Å². The normalized spacial score (nSPS) is 10.9. The van der Waals surface area contributed by atoms with E-state index in [2.05, 4.69) is 15.5 Å². The predicted octanol–water partition coefficient (Wildman–Crippen LogP) is 3.95. The molecule has 3 aromatic rings. The average Bonchev–Trinajstić information content (AvgIpc) is 3.28. The zero-order valence-electron chi connectivity index (χ0n) is 13.6. The van der Waals surface area contributed by atoms with Crippen LogP contribution in [0.15, 0.2) is 57.6 Å². The van der Waals surface area contributed by atoms with E-state index in [9.17, 15) is 4.79 Å². The number of nitrogens with zero attached hydrogens (tertiary/aromatic N) is 2. The van der Waals surface area contributed by atoms with E-state index in [1.54, 1.807) is 19.4 Å². The summed E-state index contributed by atoms with van der Waals surface area (Å²) in [5.41, 5.74) is 5.43. The summed E-state index contributed by atoms with van der Waals surface area (Å²) in [6.07, 6.45) is 3.52. The van der Waals surface area contributed by atoms with Crippen molar-refractivity contribution in [2.24, 2.45) is 5.10 Å². The maximum Gasteiger partial charge on any atom is 0.311 e. The molecule has 1 N–H and O–H groups in total. The minimum Gasteiger partial charge on any atom is -0.466 e. The summed E-state index contributed by atoms with van der Waals surface area (Å²) in [6, 6.07) is 11.6. The maximum atomic E-state index is 11.5. The SMILES string of the molecule is CCOC(=O)Cc1csc(NN=Cc2ccccc2-c2ccco2)n1. The first-order valence-corrected chi connectivity index (χ1v) is 8.66. The van der Waals surface area contributed by atoms with Crippen molar-refractivity contribution in [1.82, 2.24) is 4.98 Å². The number of benzene rings is 1. The van der Waals surface area contributed by atoms with Crippen LogP contribution in [0.1, 0.15) is 18.2 Å². The van der Waals surface area contributed by atoms with Crippen LogP contribution in [0.25, 0.3) is 11.3 Å². The van der Waals surface area contributed by atoms with E-state index in [4.69, 9.17) is 9.15 Å². The molecule has 0 atom stereocenters. The molecule has 0 radical (unpaired) electrons. The number of furan rings is 1.